The van der Waals surface area contributed by atoms with Crippen molar-refractivity contribution in [2.75, 3.05) is 31.6 Å². The maximum atomic E-state index is 11.7. The van der Waals surface area contributed by atoms with Gasteiger partial charge in [0.1, 0.15) is 9.84 Å². The van der Waals surface area contributed by atoms with Gasteiger partial charge in [-0.3, -0.25) is 4.79 Å². The molecule has 0 aromatic rings. The minimum Gasteiger partial charge on any atom is -0.355 e. The highest BCUT2D eigenvalue weighted by Gasteiger charge is 2.21. The summed E-state index contributed by atoms with van der Waals surface area (Å²) < 4.78 is 21.8. The van der Waals surface area contributed by atoms with Crippen LogP contribution in [0.5, 0.6) is 0 Å². The van der Waals surface area contributed by atoms with Gasteiger partial charge in [-0.1, -0.05) is 6.92 Å². The molecule has 0 aliphatic carbocycles. The summed E-state index contributed by atoms with van der Waals surface area (Å²) >= 11 is 0. The first-order valence-electron chi connectivity index (χ1n) is 6.53. The quantitative estimate of drug-likeness (QED) is 0.725. The van der Waals surface area contributed by atoms with Crippen molar-refractivity contribution >= 4 is 15.7 Å². The van der Waals surface area contributed by atoms with E-state index in [9.17, 15) is 13.2 Å². The van der Waals surface area contributed by atoms with Crippen molar-refractivity contribution in [3.05, 3.63) is 0 Å². The van der Waals surface area contributed by atoms with Gasteiger partial charge in [-0.2, -0.15) is 0 Å². The van der Waals surface area contributed by atoms with Crippen LogP contribution in [0.3, 0.4) is 0 Å². The number of sulfone groups is 1. The molecular formula is C12H24N2O3S. The van der Waals surface area contributed by atoms with Gasteiger partial charge in [-0.15, -0.1) is 0 Å². The third-order valence-electron chi connectivity index (χ3n) is 3.44. The van der Waals surface area contributed by atoms with Crippen LogP contribution in [0.25, 0.3) is 0 Å². The minimum absolute atomic E-state index is 0.0120. The Hall–Kier alpha value is -0.620. The fraction of sp³-hybridized carbons (Fsp3) is 0.917. The average molecular weight is 276 g/mol. The average Bonchev–Trinajstić information content (AvgIpc) is 2.28. The van der Waals surface area contributed by atoms with Gasteiger partial charge in [0.05, 0.1) is 5.75 Å². The van der Waals surface area contributed by atoms with E-state index in [-0.39, 0.29) is 18.2 Å². The van der Waals surface area contributed by atoms with Crippen LogP contribution in [-0.4, -0.2) is 46.0 Å². The van der Waals surface area contributed by atoms with E-state index in [4.69, 9.17) is 0 Å². The minimum atomic E-state index is -2.99. The van der Waals surface area contributed by atoms with E-state index in [0.717, 1.165) is 13.1 Å². The number of nitrogens with one attached hydrogen (secondary N) is 2. The highest BCUT2D eigenvalue weighted by atomic mass is 32.2. The summed E-state index contributed by atoms with van der Waals surface area (Å²) in [5, 5.41) is 6.01. The van der Waals surface area contributed by atoms with Gasteiger partial charge in [0, 0.05) is 19.2 Å². The molecule has 0 saturated carbocycles. The number of carbonyl (C=O) groups excluding carboxylic acids is 1. The van der Waals surface area contributed by atoms with E-state index in [1.54, 1.807) is 0 Å². The first-order valence-corrected chi connectivity index (χ1v) is 8.59. The van der Waals surface area contributed by atoms with Gasteiger partial charge >= 0.3 is 0 Å². The summed E-state index contributed by atoms with van der Waals surface area (Å²) in [4.78, 5) is 11.7. The molecule has 0 bridgehead atoms. The first kappa shape index (κ1) is 15.4. The Balaban J connectivity index is 2.22. The number of carbonyl (C=O) groups is 1. The highest BCUT2D eigenvalue weighted by Crippen LogP contribution is 2.22. The Labute approximate surface area is 110 Å². The monoisotopic (exact) mass is 276 g/mol. The smallest absolute Gasteiger partial charge is 0.220 e. The predicted molar refractivity (Wildman–Crippen MR) is 72.1 cm³/mol. The number of rotatable bonds is 6. The summed E-state index contributed by atoms with van der Waals surface area (Å²) in [7, 11) is -2.99. The van der Waals surface area contributed by atoms with Gasteiger partial charge in [-0.25, -0.2) is 8.42 Å². The van der Waals surface area contributed by atoms with Crippen molar-refractivity contribution in [2.45, 2.75) is 26.2 Å². The van der Waals surface area contributed by atoms with Crippen LogP contribution in [0.1, 0.15) is 26.2 Å². The van der Waals surface area contributed by atoms with Gasteiger partial charge in [0.2, 0.25) is 5.91 Å². The molecule has 1 amide bonds. The number of piperidine rings is 1. The van der Waals surface area contributed by atoms with E-state index in [2.05, 4.69) is 17.6 Å². The summed E-state index contributed by atoms with van der Waals surface area (Å²) in [6, 6.07) is 0. The molecule has 2 N–H and O–H groups in total. The zero-order chi connectivity index (χ0) is 13.6. The summed E-state index contributed by atoms with van der Waals surface area (Å²) in [6.07, 6.45) is 4.00. The van der Waals surface area contributed by atoms with Crippen molar-refractivity contribution in [3.8, 4) is 0 Å². The van der Waals surface area contributed by atoms with Gasteiger partial charge in [-0.05, 0) is 37.8 Å². The molecule has 1 aliphatic rings. The maximum Gasteiger partial charge on any atom is 0.220 e. The maximum absolute atomic E-state index is 11.7. The molecule has 1 rings (SSSR count). The molecule has 1 saturated heterocycles. The molecule has 2 unspecified atom stereocenters. The lowest BCUT2D eigenvalue weighted by atomic mass is 9.85. The summed E-state index contributed by atoms with van der Waals surface area (Å²) in [5.41, 5.74) is 0. The van der Waals surface area contributed by atoms with E-state index >= 15 is 0 Å². The molecular weight excluding hydrogens is 252 g/mol. The molecule has 5 nitrogen and oxygen atoms in total. The van der Waals surface area contributed by atoms with E-state index in [0.29, 0.717) is 18.3 Å². The lowest BCUT2D eigenvalue weighted by Gasteiger charge is -2.28. The normalized spacial score (nSPS) is 22.4. The molecule has 1 fully saturated rings. The fourth-order valence-electron chi connectivity index (χ4n) is 2.27. The SMILES string of the molecule is CC(CC(=O)NCCS(C)(=O)=O)C1CCCNC1. The molecule has 0 aromatic heterocycles. The molecule has 106 valence electrons. The third kappa shape index (κ3) is 6.35. The molecule has 6 heteroatoms. The third-order valence-corrected chi connectivity index (χ3v) is 4.39. The van der Waals surface area contributed by atoms with Gasteiger partial charge in [0.15, 0.2) is 0 Å². The second kappa shape index (κ2) is 7.09. The zero-order valence-electron chi connectivity index (χ0n) is 11.2. The molecule has 18 heavy (non-hydrogen) atoms. The van der Waals surface area contributed by atoms with Crippen LogP contribution in [0.2, 0.25) is 0 Å². The van der Waals surface area contributed by atoms with E-state index in [1.165, 1.54) is 19.1 Å². The second-order valence-corrected chi connectivity index (χ2v) is 7.53. The standard InChI is InChI=1S/C12H24N2O3S/c1-10(11-4-3-5-13-9-11)8-12(15)14-6-7-18(2,16)17/h10-11,13H,3-9H2,1-2H3,(H,14,15). The van der Waals surface area contributed by atoms with Crippen LogP contribution in [0.15, 0.2) is 0 Å². The van der Waals surface area contributed by atoms with E-state index in [1.807, 2.05) is 0 Å². The Morgan fingerprint density at radius 3 is 2.78 bits per heavy atom. The number of amides is 1. The van der Waals surface area contributed by atoms with E-state index < -0.39 is 9.84 Å². The van der Waals surface area contributed by atoms with Crippen LogP contribution >= 0.6 is 0 Å². The summed E-state index contributed by atoms with van der Waals surface area (Å²) in [6.45, 7) is 4.36. The first-order chi connectivity index (χ1) is 8.38. The number of hydrogen-bond acceptors (Lipinski definition) is 4. The van der Waals surface area contributed by atoms with Crippen molar-refractivity contribution in [1.82, 2.24) is 10.6 Å². The fourth-order valence-corrected chi connectivity index (χ4v) is 2.74. The van der Waals surface area contributed by atoms with Crippen molar-refractivity contribution in [2.24, 2.45) is 11.8 Å². The molecule has 1 heterocycles. The van der Waals surface area contributed by atoms with Crippen molar-refractivity contribution in [1.29, 1.82) is 0 Å². The van der Waals surface area contributed by atoms with Crippen molar-refractivity contribution < 1.29 is 13.2 Å². The van der Waals surface area contributed by atoms with Gasteiger partial charge in [0.25, 0.3) is 0 Å². The molecule has 1 aliphatic heterocycles. The zero-order valence-corrected chi connectivity index (χ0v) is 12.1. The lowest BCUT2D eigenvalue weighted by Crippen LogP contribution is -2.36. The molecule has 0 aromatic carbocycles. The predicted octanol–water partition coefficient (Wildman–Crippen LogP) is 0.173. The molecule has 2 atom stereocenters. The van der Waals surface area contributed by atoms with Crippen molar-refractivity contribution in [3.63, 3.8) is 0 Å². The Morgan fingerprint density at radius 1 is 1.50 bits per heavy atom. The largest absolute Gasteiger partial charge is 0.355 e. The Bertz CT molecular complexity index is 362. The molecule has 0 spiro atoms. The Kier molecular flexibility index (Phi) is 6.08. The second-order valence-electron chi connectivity index (χ2n) is 5.27. The summed E-state index contributed by atoms with van der Waals surface area (Å²) in [5.74, 6) is 0.866. The van der Waals surface area contributed by atoms with Gasteiger partial charge < -0.3 is 10.6 Å². The lowest BCUT2D eigenvalue weighted by molar-refractivity contribution is -0.122. The number of hydrogen-bond donors (Lipinski definition) is 2. The highest BCUT2D eigenvalue weighted by molar-refractivity contribution is 7.90. The van der Waals surface area contributed by atoms with Crippen LogP contribution < -0.4 is 10.6 Å². The van der Waals surface area contributed by atoms with Crippen LogP contribution in [-0.2, 0) is 14.6 Å². The molecule has 0 radical (unpaired) electrons. The topological polar surface area (TPSA) is 75.3 Å². The Morgan fingerprint density at radius 2 is 2.22 bits per heavy atom. The van der Waals surface area contributed by atoms with Crippen LogP contribution in [0, 0.1) is 11.8 Å². The van der Waals surface area contributed by atoms with Crippen LogP contribution in [0.4, 0.5) is 0 Å².